The number of fused-ring (bicyclic) bond motifs is 1. The van der Waals surface area contributed by atoms with Gasteiger partial charge in [-0.1, -0.05) is 59.6 Å². The first-order valence-electron chi connectivity index (χ1n) is 10.4. The Labute approximate surface area is 205 Å². The number of aromatic nitrogens is 1. The fourth-order valence-electron chi connectivity index (χ4n) is 3.73. The largest absolute Gasteiger partial charge is 0.451 e. The standard InChI is InChI=1S/C26H20Cl2N2O4/c1-15-7-10-18(28)13-21(15)29-22(31)14-34-26(33)24-23(16-8-11-17(27)12-9-16)19-5-3-4-6-20(19)25(32)30(24)2/h3-13H,14H2,1-2H3,(H,29,31). The zero-order valence-electron chi connectivity index (χ0n) is 18.4. The average molecular weight is 495 g/mol. The van der Waals surface area contributed by atoms with E-state index in [4.69, 9.17) is 27.9 Å². The van der Waals surface area contributed by atoms with Gasteiger partial charge in [-0.05, 0) is 53.8 Å². The van der Waals surface area contributed by atoms with Crippen molar-refractivity contribution in [3.05, 3.63) is 98.4 Å². The highest BCUT2D eigenvalue weighted by atomic mass is 35.5. The Morgan fingerprint density at radius 3 is 2.29 bits per heavy atom. The summed E-state index contributed by atoms with van der Waals surface area (Å²) in [4.78, 5) is 38.6. The number of nitrogens with one attached hydrogen (secondary N) is 1. The van der Waals surface area contributed by atoms with E-state index < -0.39 is 18.5 Å². The highest BCUT2D eigenvalue weighted by Crippen LogP contribution is 2.31. The lowest BCUT2D eigenvalue weighted by Gasteiger charge is -2.17. The van der Waals surface area contributed by atoms with Gasteiger partial charge in [0.2, 0.25) is 0 Å². The number of benzene rings is 3. The number of aryl methyl sites for hydroxylation is 1. The number of pyridine rings is 1. The van der Waals surface area contributed by atoms with Crippen LogP contribution in [-0.2, 0) is 16.6 Å². The van der Waals surface area contributed by atoms with E-state index in [0.717, 1.165) is 5.56 Å². The van der Waals surface area contributed by atoms with Gasteiger partial charge in [-0.2, -0.15) is 0 Å². The molecule has 1 N–H and O–H groups in total. The van der Waals surface area contributed by atoms with Crippen molar-refractivity contribution >= 4 is 51.5 Å². The summed E-state index contributed by atoms with van der Waals surface area (Å²) in [7, 11) is 1.50. The lowest BCUT2D eigenvalue weighted by atomic mass is 9.97. The van der Waals surface area contributed by atoms with E-state index in [2.05, 4.69) is 5.32 Å². The Balaban J connectivity index is 1.70. The van der Waals surface area contributed by atoms with Gasteiger partial charge in [-0.3, -0.25) is 9.59 Å². The van der Waals surface area contributed by atoms with Crippen molar-refractivity contribution in [1.82, 2.24) is 4.57 Å². The molecule has 172 valence electrons. The van der Waals surface area contributed by atoms with Crippen molar-refractivity contribution in [3.63, 3.8) is 0 Å². The minimum atomic E-state index is -0.798. The molecule has 0 aliphatic heterocycles. The number of nitrogens with zero attached hydrogens (tertiary/aromatic N) is 1. The minimum absolute atomic E-state index is 0.0396. The van der Waals surface area contributed by atoms with E-state index in [1.54, 1.807) is 66.7 Å². The number of hydrogen-bond donors (Lipinski definition) is 1. The molecule has 0 atom stereocenters. The highest BCUT2D eigenvalue weighted by molar-refractivity contribution is 6.31. The number of hydrogen-bond acceptors (Lipinski definition) is 4. The Morgan fingerprint density at radius 1 is 0.941 bits per heavy atom. The molecule has 0 aliphatic rings. The topological polar surface area (TPSA) is 77.4 Å². The van der Waals surface area contributed by atoms with Crippen LogP contribution in [0.3, 0.4) is 0 Å². The highest BCUT2D eigenvalue weighted by Gasteiger charge is 2.23. The van der Waals surface area contributed by atoms with E-state index in [0.29, 0.717) is 37.6 Å². The van der Waals surface area contributed by atoms with Gasteiger partial charge in [0.15, 0.2) is 6.61 Å². The monoisotopic (exact) mass is 494 g/mol. The van der Waals surface area contributed by atoms with Gasteiger partial charge in [0, 0.05) is 33.7 Å². The van der Waals surface area contributed by atoms with Gasteiger partial charge in [0.1, 0.15) is 5.69 Å². The Morgan fingerprint density at radius 2 is 1.59 bits per heavy atom. The third-order valence-electron chi connectivity index (χ3n) is 5.44. The zero-order chi connectivity index (χ0) is 24.4. The molecule has 0 spiro atoms. The van der Waals surface area contributed by atoms with Gasteiger partial charge in [-0.15, -0.1) is 0 Å². The van der Waals surface area contributed by atoms with E-state index in [9.17, 15) is 14.4 Å². The zero-order valence-corrected chi connectivity index (χ0v) is 19.9. The van der Waals surface area contributed by atoms with Gasteiger partial charge in [-0.25, -0.2) is 4.79 Å². The maximum Gasteiger partial charge on any atom is 0.356 e. The Hall–Kier alpha value is -3.61. The number of amides is 1. The second-order valence-corrected chi connectivity index (χ2v) is 8.60. The molecule has 3 aromatic carbocycles. The second-order valence-electron chi connectivity index (χ2n) is 7.72. The molecule has 0 saturated carbocycles. The summed E-state index contributed by atoms with van der Waals surface area (Å²) in [5.74, 6) is -1.33. The van der Waals surface area contributed by atoms with Crippen LogP contribution in [-0.4, -0.2) is 23.1 Å². The Bertz CT molecular complexity index is 1480. The third kappa shape index (κ3) is 4.69. The molecule has 1 aromatic heterocycles. The summed E-state index contributed by atoms with van der Waals surface area (Å²) in [6.45, 7) is 1.28. The van der Waals surface area contributed by atoms with Gasteiger partial charge in [0.05, 0.1) is 0 Å². The van der Waals surface area contributed by atoms with Crippen LogP contribution in [0, 0.1) is 6.92 Å². The SMILES string of the molecule is Cc1ccc(Cl)cc1NC(=O)COC(=O)c1c(-c2ccc(Cl)cc2)c2ccccc2c(=O)n1C. The molecule has 1 amide bonds. The second kappa shape index (κ2) is 9.71. The first-order valence-corrected chi connectivity index (χ1v) is 11.1. The Kier molecular flexibility index (Phi) is 6.72. The molecule has 34 heavy (non-hydrogen) atoms. The van der Waals surface area contributed by atoms with Gasteiger partial charge >= 0.3 is 5.97 Å². The molecule has 0 bridgehead atoms. The average Bonchev–Trinajstić information content (AvgIpc) is 2.82. The summed E-state index contributed by atoms with van der Waals surface area (Å²) in [5.41, 5.74) is 2.23. The van der Waals surface area contributed by atoms with Crippen LogP contribution >= 0.6 is 23.2 Å². The fourth-order valence-corrected chi connectivity index (χ4v) is 4.03. The molecule has 4 aromatic rings. The number of esters is 1. The predicted octanol–water partition coefficient (Wildman–Crippen LogP) is 5.62. The quantitative estimate of drug-likeness (QED) is 0.365. The predicted molar refractivity (Wildman–Crippen MR) is 135 cm³/mol. The lowest BCUT2D eigenvalue weighted by Crippen LogP contribution is -2.28. The number of halogens is 2. The van der Waals surface area contributed by atoms with Crippen LogP contribution in [0.1, 0.15) is 16.1 Å². The minimum Gasteiger partial charge on any atom is -0.451 e. The summed E-state index contributed by atoms with van der Waals surface area (Å²) >= 11 is 12.0. The molecule has 1 heterocycles. The van der Waals surface area contributed by atoms with E-state index in [-0.39, 0.29) is 11.3 Å². The van der Waals surface area contributed by atoms with E-state index in [1.165, 1.54) is 11.6 Å². The molecule has 0 aliphatic carbocycles. The van der Waals surface area contributed by atoms with E-state index in [1.807, 2.05) is 6.92 Å². The van der Waals surface area contributed by atoms with Crippen molar-refractivity contribution in [3.8, 4) is 11.1 Å². The molecule has 4 rings (SSSR count). The smallest absolute Gasteiger partial charge is 0.356 e. The van der Waals surface area contributed by atoms with Crippen LogP contribution in [0.2, 0.25) is 10.0 Å². The summed E-state index contributed by atoms with van der Waals surface area (Å²) in [6.07, 6.45) is 0. The molecule has 0 saturated heterocycles. The number of anilines is 1. The number of carbonyl (C=O) groups excluding carboxylic acids is 2. The number of rotatable bonds is 5. The molecular formula is C26H20Cl2N2O4. The number of carbonyl (C=O) groups is 2. The van der Waals surface area contributed by atoms with Crippen molar-refractivity contribution in [2.45, 2.75) is 6.92 Å². The van der Waals surface area contributed by atoms with Crippen LogP contribution in [0.4, 0.5) is 5.69 Å². The van der Waals surface area contributed by atoms with Crippen LogP contribution < -0.4 is 10.9 Å². The van der Waals surface area contributed by atoms with Crippen LogP contribution in [0.15, 0.2) is 71.5 Å². The molecule has 0 unspecified atom stereocenters. The number of ether oxygens (including phenoxy) is 1. The normalized spacial score (nSPS) is 10.8. The van der Waals surface area contributed by atoms with Crippen molar-refractivity contribution in [1.29, 1.82) is 0 Å². The first-order chi connectivity index (χ1) is 16.3. The van der Waals surface area contributed by atoms with Crippen molar-refractivity contribution in [2.24, 2.45) is 7.05 Å². The van der Waals surface area contributed by atoms with Gasteiger partial charge in [0.25, 0.3) is 11.5 Å². The van der Waals surface area contributed by atoms with Crippen LogP contribution in [0.5, 0.6) is 0 Å². The summed E-state index contributed by atoms with van der Waals surface area (Å²) < 4.78 is 6.58. The first kappa shape index (κ1) is 23.5. The molecule has 0 fully saturated rings. The fraction of sp³-hybridized carbons (Fsp3) is 0.115. The van der Waals surface area contributed by atoms with Crippen molar-refractivity contribution in [2.75, 3.05) is 11.9 Å². The maximum atomic E-state index is 13.2. The summed E-state index contributed by atoms with van der Waals surface area (Å²) in [5, 5.41) is 4.74. The molecule has 0 radical (unpaired) electrons. The maximum absolute atomic E-state index is 13.2. The third-order valence-corrected chi connectivity index (χ3v) is 5.93. The van der Waals surface area contributed by atoms with Gasteiger partial charge < -0.3 is 14.6 Å². The molecule has 6 nitrogen and oxygen atoms in total. The summed E-state index contributed by atoms with van der Waals surface area (Å²) in [6, 6.07) is 19.0. The molecular weight excluding hydrogens is 475 g/mol. The van der Waals surface area contributed by atoms with E-state index >= 15 is 0 Å². The van der Waals surface area contributed by atoms with Crippen molar-refractivity contribution < 1.29 is 14.3 Å². The lowest BCUT2D eigenvalue weighted by molar-refractivity contribution is -0.119. The van der Waals surface area contributed by atoms with Crippen LogP contribution in [0.25, 0.3) is 21.9 Å². The molecule has 8 heteroatoms.